The minimum Gasteiger partial charge on any atom is -0.365 e. The molecule has 0 aliphatic carbocycles. The van der Waals surface area contributed by atoms with Crippen molar-refractivity contribution in [3.8, 4) is 0 Å². The molecule has 0 atom stereocenters. The van der Waals surface area contributed by atoms with Crippen LogP contribution in [0.2, 0.25) is 10.0 Å². The Kier molecular flexibility index (Phi) is 6.97. The Morgan fingerprint density at radius 2 is 1.76 bits per heavy atom. The molecule has 0 unspecified atom stereocenters. The Morgan fingerprint density at radius 1 is 1.09 bits per heavy atom. The number of carbonyl (C=O) groups is 2. The van der Waals surface area contributed by atoms with Crippen molar-refractivity contribution in [3.63, 3.8) is 0 Å². The van der Waals surface area contributed by atoms with E-state index < -0.39 is 10.8 Å². The van der Waals surface area contributed by atoms with E-state index >= 15 is 0 Å². The number of nitro groups is 1. The van der Waals surface area contributed by atoms with E-state index in [1.54, 1.807) is 30.3 Å². The lowest BCUT2D eigenvalue weighted by molar-refractivity contribution is -0.382. The standard InChI is InChI=1S/C23H22Cl2N4O4S/c1-13(2)23(31)28-11-9-27(10-12-28)19-15(24)6-4-7-16(19)26-22(30)21-18(25)14-5-3-8-17(29(32)33)20(14)34-21/h3-8,13H,9-12H2,1-2H3,(H,26,30). The largest absolute Gasteiger partial charge is 0.365 e. The molecule has 0 radical (unpaired) electrons. The first kappa shape index (κ1) is 24.3. The lowest BCUT2D eigenvalue weighted by Gasteiger charge is -2.38. The fraction of sp³-hybridized carbons (Fsp3) is 0.304. The van der Waals surface area contributed by atoms with Gasteiger partial charge in [0.05, 0.1) is 26.3 Å². The third-order valence-electron chi connectivity index (χ3n) is 5.67. The number of para-hydroxylation sites is 1. The van der Waals surface area contributed by atoms with E-state index in [-0.39, 0.29) is 27.4 Å². The number of halogens is 2. The number of nitro benzene ring substituents is 1. The third-order valence-corrected chi connectivity index (χ3v) is 7.71. The number of non-ortho nitro benzene ring substituents is 1. The molecule has 1 aromatic heterocycles. The van der Waals surface area contributed by atoms with Gasteiger partial charge >= 0.3 is 0 Å². The predicted molar refractivity (Wildman–Crippen MR) is 137 cm³/mol. The van der Waals surface area contributed by atoms with Gasteiger partial charge < -0.3 is 15.1 Å². The first-order chi connectivity index (χ1) is 16.2. The predicted octanol–water partition coefficient (Wildman–Crippen LogP) is 5.67. The van der Waals surface area contributed by atoms with Gasteiger partial charge in [-0.1, -0.05) is 55.2 Å². The van der Waals surface area contributed by atoms with Crippen molar-refractivity contribution in [2.45, 2.75) is 13.8 Å². The summed E-state index contributed by atoms with van der Waals surface area (Å²) >= 11 is 13.9. The van der Waals surface area contributed by atoms with E-state index in [9.17, 15) is 19.7 Å². The van der Waals surface area contributed by atoms with Gasteiger partial charge in [0.1, 0.15) is 9.58 Å². The van der Waals surface area contributed by atoms with Gasteiger partial charge in [0.2, 0.25) is 5.91 Å². The Labute approximate surface area is 210 Å². The molecule has 1 aliphatic rings. The first-order valence-corrected chi connectivity index (χ1v) is 12.2. The van der Waals surface area contributed by atoms with Crippen LogP contribution in [-0.2, 0) is 4.79 Å². The van der Waals surface area contributed by atoms with Gasteiger partial charge in [0.15, 0.2) is 0 Å². The molecular weight excluding hydrogens is 499 g/mol. The lowest BCUT2D eigenvalue weighted by atomic mass is 10.1. The Morgan fingerprint density at radius 3 is 2.41 bits per heavy atom. The zero-order valence-corrected chi connectivity index (χ0v) is 20.8. The molecule has 0 saturated carbocycles. The molecule has 2 aromatic carbocycles. The summed E-state index contributed by atoms with van der Waals surface area (Å²) in [6.07, 6.45) is 0. The summed E-state index contributed by atoms with van der Waals surface area (Å²) in [4.78, 5) is 40.4. The molecule has 0 spiro atoms. The zero-order chi connectivity index (χ0) is 24.6. The summed E-state index contributed by atoms with van der Waals surface area (Å²) in [5.74, 6) is -0.429. The fourth-order valence-electron chi connectivity index (χ4n) is 4.00. The summed E-state index contributed by atoms with van der Waals surface area (Å²) in [6.45, 7) is 6.01. The molecule has 11 heteroatoms. The number of amides is 2. The quantitative estimate of drug-likeness (QED) is 0.345. The topological polar surface area (TPSA) is 95.8 Å². The average Bonchev–Trinajstić information content (AvgIpc) is 3.15. The number of anilines is 2. The van der Waals surface area contributed by atoms with Gasteiger partial charge in [-0.05, 0) is 12.1 Å². The van der Waals surface area contributed by atoms with Gasteiger partial charge in [-0.25, -0.2) is 0 Å². The number of thiophene rings is 1. The van der Waals surface area contributed by atoms with E-state index in [1.165, 1.54) is 6.07 Å². The second-order valence-electron chi connectivity index (χ2n) is 8.21. The SMILES string of the molecule is CC(C)C(=O)N1CCN(c2c(Cl)cccc2NC(=O)c2sc3c([N+](=O)[O-])cccc3c2Cl)CC1. The van der Waals surface area contributed by atoms with E-state index in [0.29, 0.717) is 52.7 Å². The van der Waals surface area contributed by atoms with Gasteiger partial charge in [0, 0.05) is 43.5 Å². The van der Waals surface area contributed by atoms with Crippen molar-refractivity contribution in [1.29, 1.82) is 0 Å². The average molecular weight is 521 g/mol. The van der Waals surface area contributed by atoms with E-state index in [2.05, 4.69) is 5.32 Å². The molecule has 0 bridgehead atoms. The molecule has 1 fully saturated rings. The molecule has 1 saturated heterocycles. The summed E-state index contributed by atoms with van der Waals surface area (Å²) in [6, 6.07) is 9.80. The normalized spacial score (nSPS) is 14.0. The van der Waals surface area contributed by atoms with Crippen LogP contribution in [0.1, 0.15) is 23.5 Å². The number of hydrogen-bond donors (Lipinski definition) is 1. The van der Waals surface area contributed by atoms with E-state index in [0.717, 1.165) is 11.3 Å². The monoisotopic (exact) mass is 520 g/mol. The molecule has 2 amide bonds. The van der Waals surface area contributed by atoms with Crippen molar-refractivity contribution < 1.29 is 14.5 Å². The van der Waals surface area contributed by atoms with Crippen LogP contribution in [0.3, 0.4) is 0 Å². The summed E-state index contributed by atoms with van der Waals surface area (Å²) in [5, 5.41) is 15.4. The Bertz CT molecular complexity index is 1290. The molecule has 3 aromatic rings. The smallest absolute Gasteiger partial charge is 0.287 e. The van der Waals surface area contributed by atoms with Crippen LogP contribution < -0.4 is 10.2 Å². The van der Waals surface area contributed by atoms with Crippen molar-refractivity contribution in [3.05, 3.63) is 61.4 Å². The Hall–Kier alpha value is -2.88. The number of benzene rings is 2. The second kappa shape index (κ2) is 9.77. The van der Waals surface area contributed by atoms with Gasteiger partial charge in [-0.15, -0.1) is 11.3 Å². The zero-order valence-electron chi connectivity index (χ0n) is 18.5. The van der Waals surface area contributed by atoms with Crippen molar-refractivity contribution in [2.24, 2.45) is 5.92 Å². The Balaban J connectivity index is 1.60. The maximum Gasteiger partial charge on any atom is 0.287 e. The number of fused-ring (bicyclic) bond motifs is 1. The molecule has 4 rings (SSSR count). The number of nitrogens with one attached hydrogen (secondary N) is 1. The maximum absolute atomic E-state index is 13.2. The lowest BCUT2D eigenvalue weighted by Crippen LogP contribution is -2.50. The first-order valence-electron chi connectivity index (χ1n) is 10.7. The number of piperazine rings is 1. The van der Waals surface area contributed by atoms with Crippen molar-refractivity contribution in [1.82, 2.24) is 4.90 Å². The van der Waals surface area contributed by atoms with Gasteiger partial charge in [0.25, 0.3) is 11.6 Å². The van der Waals surface area contributed by atoms with Gasteiger partial charge in [-0.2, -0.15) is 0 Å². The van der Waals surface area contributed by atoms with E-state index in [1.807, 2.05) is 23.6 Å². The van der Waals surface area contributed by atoms with E-state index in [4.69, 9.17) is 23.2 Å². The second-order valence-corrected chi connectivity index (χ2v) is 10.0. The van der Waals surface area contributed by atoms with Crippen LogP contribution in [0.5, 0.6) is 0 Å². The minimum atomic E-state index is -0.490. The highest BCUT2D eigenvalue weighted by Crippen LogP contribution is 2.41. The highest BCUT2D eigenvalue weighted by atomic mass is 35.5. The summed E-state index contributed by atoms with van der Waals surface area (Å²) < 4.78 is 0.347. The van der Waals surface area contributed by atoms with Gasteiger partial charge in [-0.3, -0.25) is 19.7 Å². The number of rotatable bonds is 5. The molecular formula is C23H22Cl2N4O4S. The van der Waals surface area contributed by atoms with Crippen LogP contribution in [-0.4, -0.2) is 47.8 Å². The van der Waals surface area contributed by atoms with Crippen LogP contribution in [0.15, 0.2) is 36.4 Å². The van der Waals surface area contributed by atoms with Crippen LogP contribution >= 0.6 is 34.5 Å². The highest BCUT2D eigenvalue weighted by Gasteiger charge is 2.27. The molecule has 34 heavy (non-hydrogen) atoms. The number of hydrogen-bond acceptors (Lipinski definition) is 6. The van der Waals surface area contributed by atoms with Crippen LogP contribution in [0, 0.1) is 16.0 Å². The number of carbonyl (C=O) groups excluding carboxylic acids is 2. The van der Waals surface area contributed by atoms with Crippen molar-refractivity contribution in [2.75, 3.05) is 36.4 Å². The van der Waals surface area contributed by atoms with Crippen LogP contribution in [0.4, 0.5) is 17.1 Å². The fourth-order valence-corrected chi connectivity index (χ4v) is 5.78. The molecule has 1 aliphatic heterocycles. The summed E-state index contributed by atoms with van der Waals surface area (Å²) in [5.41, 5.74) is 1.07. The highest BCUT2D eigenvalue weighted by molar-refractivity contribution is 7.22. The third kappa shape index (κ3) is 4.55. The maximum atomic E-state index is 13.2. The number of nitrogens with zero attached hydrogens (tertiary/aromatic N) is 3. The van der Waals surface area contributed by atoms with Crippen LogP contribution in [0.25, 0.3) is 10.1 Å². The molecule has 178 valence electrons. The summed E-state index contributed by atoms with van der Waals surface area (Å²) in [7, 11) is 0. The molecule has 2 heterocycles. The van der Waals surface area contributed by atoms with Crippen molar-refractivity contribution >= 4 is 73.5 Å². The molecule has 8 nitrogen and oxygen atoms in total. The minimum absolute atomic E-state index is 0.0661. The molecule has 1 N–H and O–H groups in total.